The highest BCUT2D eigenvalue weighted by Gasteiger charge is 2.25. The summed E-state index contributed by atoms with van der Waals surface area (Å²) < 4.78 is 0. The molecule has 118 valence electrons. The van der Waals surface area contributed by atoms with Crippen molar-refractivity contribution < 1.29 is 0 Å². The van der Waals surface area contributed by atoms with Crippen molar-refractivity contribution in [1.29, 1.82) is 0 Å². The molecule has 0 saturated heterocycles. The number of benzene rings is 2. The fourth-order valence-electron chi connectivity index (χ4n) is 3.04. The second kappa shape index (κ2) is 6.56. The molecule has 1 nitrogen and oxygen atoms in total. The van der Waals surface area contributed by atoms with Crippen molar-refractivity contribution in [1.82, 2.24) is 0 Å². The first-order valence-corrected chi connectivity index (χ1v) is 8.40. The molecule has 0 radical (unpaired) electrons. The number of aryl methyl sites for hydroxylation is 1. The lowest BCUT2D eigenvalue weighted by Crippen LogP contribution is -2.20. The van der Waals surface area contributed by atoms with Crippen molar-refractivity contribution in [2.45, 2.75) is 58.8 Å². The Labute approximate surface area is 135 Å². The fourth-order valence-corrected chi connectivity index (χ4v) is 3.04. The van der Waals surface area contributed by atoms with Crippen molar-refractivity contribution in [3.63, 3.8) is 0 Å². The van der Waals surface area contributed by atoms with Gasteiger partial charge in [-0.05, 0) is 41.0 Å². The summed E-state index contributed by atoms with van der Waals surface area (Å²) in [5.41, 5.74) is 12.7. The third kappa shape index (κ3) is 3.04. The van der Waals surface area contributed by atoms with Crippen molar-refractivity contribution >= 4 is 5.69 Å². The number of rotatable bonds is 5. The van der Waals surface area contributed by atoms with Gasteiger partial charge in [-0.25, -0.2) is 0 Å². The van der Waals surface area contributed by atoms with E-state index in [9.17, 15) is 0 Å². The van der Waals surface area contributed by atoms with Crippen molar-refractivity contribution in [2.75, 3.05) is 5.73 Å². The number of hydrogen-bond acceptors (Lipinski definition) is 1. The lowest BCUT2D eigenvalue weighted by atomic mass is 9.76. The molecule has 0 amide bonds. The summed E-state index contributed by atoms with van der Waals surface area (Å²) in [4.78, 5) is 0. The maximum Gasteiger partial charge on any atom is 0.0381 e. The van der Waals surface area contributed by atoms with Gasteiger partial charge in [0.1, 0.15) is 0 Å². The molecule has 0 aliphatic carbocycles. The lowest BCUT2D eigenvalue weighted by Gasteiger charge is -2.29. The monoisotopic (exact) mass is 295 g/mol. The van der Waals surface area contributed by atoms with E-state index in [1.54, 1.807) is 0 Å². The van der Waals surface area contributed by atoms with Crippen molar-refractivity contribution in [2.24, 2.45) is 0 Å². The van der Waals surface area contributed by atoms with E-state index in [1.807, 2.05) is 0 Å². The Morgan fingerprint density at radius 2 is 1.64 bits per heavy atom. The van der Waals surface area contributed by atoms with Crippen LogP contribution in [0.4, 0.5) is 5.69 Å². The standard InChI is InChI=1S/C21H29N/c1-6-15(3)19-14-18(13-16(7-2)20(19)22)21(4,5)17-11-9-8-10-12-17/h8-15H,6-7,22H2,1-5H3. The minimum absolute atomic E-state index is 0.0128. The third-order valence-electron chi connectivity index (χ3n) is 5.04. The van der Waals surface area contributed by atoms with Gasteiger partial charge in [-0.1, -0.05) is 77.1 Å². The highest BCUT2D eigenvalue weighted by molar-refractivity contribution is 5.59. The van der Waals surface area contributed by atoms with Crippen LogP contribution in [0, 0.1) is 0 Å². The van der Waals surface area contributed by atoms with Gasteiger partial charge in [0, 0.05) is 11.1 Å². The number of nitrogen functional groups attached to an aromatic ring is 1. The van der Waals surface area contributed by atoms with Crippen LogP contribution in [0.5, 0.6) is 0 Å². The van der Waals surface area contributed by atoms with Gasteiger partial charge >= 0.3 is 0 Å². The molecule has 0 saturated carbocycles. The molecule has 0 bridgehead atoms. The molecule has 2 aromatic carbocycles. The summed E-state index contributed by atoms with van der Waals surface area (Å²) in [6.45, 7) is 11.3. The van der Waals surface area contributed by atoms with Crippen LogP contribution in [0.3, 0.4) is 0 Å². The van der Waals surface area contributed by atoms with Crippen LogP contribution in [0.1, 0.15) is 69.2 Å². The van der Waals surface area contributed by atoms with Crippen LogP contribution in [-0.2, 0) is 11.8 Å². The molecule has 22 heavy (non-hydrogen) atoms. The van der Waals surface area contributed by atoms with Crippen LogP contribution in [0.15, 0.2) is 42.5 Å². The summed E-state index contributed by atoms with van der Waals surface area (Å²) in [6, 6.07) is 15.4. The summed E-state index contributed by atoms with van der Waals surface area (Å²) in [5, 5.41) is 0. The average molecular weight is 295 g/mol. The van der Waals surface area contributed by atoms with Crippen molar-refractivity contribution in [3.05, 3.63) is 64.7 Å². The summed E-state index contributed by atoms with van der Waals surface area (Å²) >= 11 is 0. The fraction of sp³-hybridized carbons (Fsp3) is 0.429. The zero-order chi connectivity index (χ0) is 16.3. The topological polar surface area (TPSA) is 26.0 Å². The Kier molecular flexibility index (Phi) is 4.95. The normalized spacial score (nSPS) is 13.1. The van der Waals surface area contributed by atoms with Gasteiger partial charge in [0.05, 0.1) is 0 Å². The molecule has 0 fully saturated rings. The maximum absolute atomic E-state index is 6.42. The second-order valence-corrected chi connectivity index (χ2v) is 6.79. The van der Waals surface area contributed by atoms with E-state index in [0.717, 1.165) is 18.5 Å². The smallest absolute Gasteiger partial charge is 0.0381 e. The predicted octanol–water partition coefficient (Wildman–Crippen LogP) is 5.67. The first-order valence-electron chi connectivity index (χ1n) is 8.40. The minimum atomic E-state index is -0.0128. The van der Waals surface area contributed by atoms with E-state index in [1.165, 1.54) is 22.3 Å². The molecule has 2 aromatic rings. The van der Waals surface area contributed by atoms with E-state index >= 15 is 0 Å². The second-order valence-electron chi connectivity index (χ2n) is 6.79. The van der Waals surface area contributed by atoms with Crippen LogP contribution >= 0.6 is 0 Å². The van der Waals surface area contributed by atoms with Gasteiger partial charge in [-0.3, -0.25) is 0 Å². The first-order chi connectivity index (χ1) is 10.4. The highest BCUT2D eigenvalue weighted by atomic mass is 14.6. The van der Waals surface area contributed by atoms with Gasteiger partial charge < -0.3 is 5.73 Å². The third-order valence-corrected chi connectivity index (χ3v) is 5.04. The van der Waals surface area contributed by atoms with Gasteiger partial charge in [-0.2, -0.15) is 0 Å². The van der Waals surface area contributed by atoms with E-state index in [4.69, 9.17) is 5.73 Å². The zero-order valence-electron chi connectivity index (χ0n) is 14.6. The Bertz CT molecular complexity index is 626. The number of hydrogen-bond donors (Lipinski definition) is 1. The lowest BCUT2D eigenvalue weighted by molar-refractivity contribution is 0.635. The van der Waals surface area contributed by atoms with Crippen LogP contribution in [0.2, 0.25) is 0 Å². The summed E-state index contributed by atoms with van der Waals surface area (Å²) in [7, 11) is 0. The molecule has 0 spiro atoms. The van der Waals surface area contributed by atoms with Crippen molar-refractivity contribution in [3.8, 4) is 0 Å². The molecular weight excluding hydrogens is 266 g/mol. The quantitative estimate of drug-likeness (QED) is 0.706. The average Bonchev–Trinajstić information content (AvgIpc) is 2.55. The van der Waals surface area contributed by atoms with Gasteiger partial charge in [-0.15, -0.1) is 0 Å². The minimum Gasteiger partial charge on any atom is -0.398 e. The molecule has 1 unspecified atom stereocenters. The van der Waals surface area contributed by atoms with Gasteiger partial charge in [0.2, 0.25) is 0 Å². The van der Waals surface area contributed by atoms with E-state index in [-0.39, 0.29) is 5.41 Å². The molecule has 0 aliphatic heterocycles. The van der Waals surface area contributed by atoms with Gasteiger partial charge in [0.25, 0.3) is 0 Å². The Balaban J connectivity index is 2.60. The molecular formula is C21H29N. The predicted molar refractivity (Wildman–Crippen MR) is 97.5 cm³/mol. The van der Waals surface area contributed by atoms with Crippen LogP contribution in [0.25, 0.3) is 0 Å². The molecule has 0 aliphatic rings. The number of nitrogens with two attached hydrogens (primary N) is 1. The Hall–Kier alpha value is -1.76. The largest absolute Gasteiger partial charge is 0.398 e. The molecule has 1 heteroatoms. The molecule has 1 atom stereocenters. The SMILES string of the molecule is CCc1cc(C(C)(C)c2ccccc2)cc(C(C)CC)c1N. The zero-order valence-corrected chi connectivity index (χ0v) is 14.6. The molecule has 2 N–H and O–H groups in total. The van der Waals surface area contributed by atoms with Gasteiger partial charge in [0.15, 0.2) is 0 Å². The maximum atomic E-state index is 6.42. The molecule has 2 rings (SSSR count). The van der Waals surface area contributed by atoms with E-state index < -0.39 is 0 Å². The summed E-state index contributed by atoms with van der Waals surface area (Å²) in [6.07, 6.45) is 2.09. The van der Waals surface area contributed by atoms with Crippen LogP contribution < -0.4 is 5.73 Å². The van der Waals surface area contributed by atoms with E-state index in [2.05, 4.69) is 77.1 Å². The summed E-state index contributed by atoms with van der Waals surface area (Å²) in [5.74, 6) is 0.497. The molecule has 0 heterocycles. The first kappa shape index (κ1) is 16.6. The Morgan fingerprint density at radius 1 is 1.00 bits per heavy atom. The van der Waals surface area contributed by atoms with Crippen LogP contribution in [-0.4, -0.2) is 0 Å². The van der Waals surface area contributed by atoms with E-state index in [0.29, 0.717) is 5.92 Å². The number of anilines is 1. The molecule has 0 aromatic heterocycles. The Morgan fingerprint density at radius 3 is 2.18 bits per heavy atom. The highest BCUT2D eigenvalue weighted by Crippen LogP contribution is 2.37.